The fraction of sp³-hybridized carbons (Fsp3) is 0.846. The van der Waals surface area contributed by atoms with Crippen LogP contribution >= 0.6 is 11.8 Å². The van der Waals surface area contributed by atoms with E-state index in [9.17, 15) is 9.59 Å². The van der Waals surface area contributed by atoms with Gasteiger partial charge in [-0.25, -0.2) is 0 Å². The maximum Gasteiger partial charge on any atom is 0.323 e. The molecule has 2 rings (SSSR count). The zero-order valence-corrected chi connectivity index (χ0v) is 12.6. The zero-order valence-electron chi connectivity index (χ0n) is 11.8. The minimum Gasteiger partial charge on any atom is -0.468 e. The number of carbonyl (C=O) groups is 2. The second kappa shape index (κ2) is 5.71. The second-order valence-electron chi connectivity index (χ2n) is 5.69. The fourth-order valence-electron chi connectivity index (χ4n) is 2.62. The molecule has 0 aromatic carbocycles. The molecule has 2 aliphatic rings. The summed E-state index contributed by atoms with van der Waals surface area (Å²) in [6.07, 6.45) is 1.50. The number of nitrogens with zero attached hydrogens (tertiary/aromatic N) is 1. The van der Waals surface area contributed by atoms with Crippen molar-refractivity contribution in [1.82, 2.24) is 10.2 Å². The van der Waals surface area contributed by atoms with Gasteiger partial charge in [-0.1, -0.05) is 13.8 Å². The molecule has 0 aromatic heterocycles. The Morgan fingerprint density at radius 1 is 1.53 bits per heavy atom. The highest BCUT2D eigenvalue weighted by Gasteiger charge is 2.47. The number of carbonyl (C=O) groups excluding carboxylic acids is 2. The Kier molecular flexibility index (Phi) is 4.40. The molecule has 5 nitrogen and oxygen atoms in total. The molecule has 2 aliphatic heterocycles. The molecule has 2 atom stereocenters. The van der Waals surface area contributed by atoms with Crippen LogP contribution in [0, 0.1) is 5.92 Å². The van der Waals surface area contributed by atoms with Crippen molar-refractivity contribution in [1.29, 1.82) is 0 Å². The van der Waals surface area contributed by atoms with Crippen molar-refractivity contribution in [3.63, 3.8) is 0 Å². The number of nitrogens with one attached hydrogen (secondary N) is 1. The van der Waals surface area contributed by atoms with Gasteiger partial charge in [0.25, 0.3) is 0 Å². The van der Waals surface area contributed by atoms with E-state index in [4.69, 9.17) is 4.74 Å². The predicted molar refractivity (Wildman–Crippen MR) is 74.8 cm³/mol. The molecule has 1 spiro atoms. The van der Waals surface area contributed by atoms with Gasteiger partial charge in [0.1, 0.15) is 6.04 Å². The highest BCUT2D eigenvalue weighted by atomic mass is 32.2. The van der Waals surface area contributed by atoms with Gasteiger partial charge in [0.05, 0.1) is 12.0 Å². The normalized spacial score (nSPS) is 30.3. The van der Waals surface area contributed by atoms with Crippen LogP contribution in [0.2, 0.25) is 0 Å². The quantitative estimate of drug-likeness (QED) is 0.779. The third-order valence-corrected chi connectivity index (χ3v) is 5.12. The number of ether oxygens (including phenoxy) is 1. The van der Waals surface area contributed by atoms with Gasteiger partial charge in [0, 0.05) is 25.3 Å². The van der Waals surface area contributed by atoms with Gasteiger partial charge < -0.3 is 9.64 Å². The van der Waals surface area contributed by atoms with E-state index in [0.29, 0.717) is 18.9 Å². The van der Waals surface area contributed by atoms with Gasteiger partial charge in [-0.15, -0.1) is 11.8 Å². The van der Waals surface area contributed by atoms with Crippen LogP contribution in [0.1, 0.15) is 26.7 Å². The molecule has 0 aliphatic carbocycles. The Hall–Kier alpha value is -0.750. The molecule has 1 unspecified atom stereocenters. The highest BCUT2D eigenvalue weighted by Crippen LogP contribution is 2.38. The standard InChI is InChI=1S/C13H22N2O3S/c1-9(2)6-11(16)15-5-4-13(8-15)14-10(7-19-13)12(17)18-3/h9-10,14H,4-8H2,1-3H3/t10-,13?/m0/s1. The van der Waals surface area contributed by atoms with E-state index in [1.54, 1.807) is 11.8 Å². The van der Waals surface area contributed by atoms with Gasteiger partial charge in [-0.05, 0) is 12.3 Å². The van der Waals surface area contributed by atoms with Crippen molar-refractivity contribution in [3.8, 4) is 0 Å². The molecule has 2 saturated heterocycles. The van der Waals surface area contributed by atoms with Crippen LogP contribution in [-0.4, -0.2) is 53.6 Å². The van der Waals surface area contributed by atoms with Crippen LogP contribution in [0.5, 0.6) is 0 Å². The lowest BCUT2D eigenvalue weighted by Gasteiger charge is -2.24. The summed E-state index contributed by atoms with van der Waals surface area (Å²) < 4.78 is 4.77. The van der Waals surface area contributed by atoms with Crippen LogP contribution in [0.3, 0.4) is 0 Å². The molecule has 2 heterocycles. The van der Waals surface area contributed by atoms with Crippen molar-refractivity contribution >= 4 is 23.6 Å². The molecule has 0 bridgehead atoms. The van der Waals surface area contributed by atoms with Gasteiger partial charge in [0.15, 0.2) is 0 Å². The molecule has 0 radical (unpaired) electrons. The summed E-state index contributed by atoms with van der Waals surface area (Å²) >= 11 is 1.74. The fourth-order valence-corrected chi connectivity index (χ4v) is 4.04. The van der Waals surface area contributed by atoms with Gasteiger partial charge in [-0.2, -0.15) is 0 Å². The van der Waals surface area contributed by atoms with E-state index >= 15 is 0 Å². The minimum absolute atomic E-state index is 0.147. The van der Waals surface area contributed by atoms with Crippen LogP contribution in [-0.2, 0) is 14.3 Å². The molecular formula is C13H22N2O3S. The Bertz CT molecular complexity index is 375. The van der Waals surface area contributed by atoms with E-state index in [1.165, 1.54) is 7.11 Å². The molecule has 19 heavy (non-hydrogen) atoms. The van der Waals surface area contributed by atoms with Crippen molar-refractivity contribution < 1.29 is 14.3 Å². The molecule has 1 N–H and O–H groups in total. The average molecular weight is 286 g/mol. The molecule has 1 amide bonds. The second-order valence-corrected chi connectivity index (χ2v) is 7.09. The van der Waals surface area contributed by atoms with Crippen LogP contribution < -0.4 is 5.32 Å². The van der Waals surface area contributed by atoms with Gasteiger partial charge in [0.2, 0.25) is 5.91 Å². The first-order valence-corrected chi connectivity index (χ1v) is 7.71. The van der Waals surface area contributed by atoms with Crippen LogP contribution in [0.25, 0.3) is 0 Å². The summed E-state index contributed by atoms with van der Waals surface area (Å²) in [7, 11) is 1.41. The average Bonchev–Trinajstić information content (AvgIpc) is 2.96. The minimum atomic E-state index is -0.241. The highest BCUT2D eigenvalue weighted by molar-refractivity contribution is 8.01. The number of esters is 1. The predicted octanol–water partition coefficient (Wildman–Crippen LogP) is 0.839. The van der Waals surface area contributed by atoms with E-state index in [0.717, 1.165) is 18.7 Å². The van der Waals surface area contributed by atoms with E-state index in [2.05, 4.69) is 19.2 Å². The lowest BCUT2D eigenvalue weighted by Crippen LogP contribution is -2.47. The molecule has 6 heteroatoms. The molecule has 2 fully saturated rings. The van der Waals surface area contributed by atoms with Crippen molar-refractivity contribution in [2.45, 2.75) is 37.6 Å². The van der Waals surface area contributed by atoms with Crippen LogP contribution in [0.15, 0.2) is 0 Å². The summed E-state index contributed by atoms with van der Waals surface area (Å²) in [6.45, 7) is 5.58. The van der Waals surface area contributed by atoms with Crippen molar-refractivity contribution in [3.05, 3.63) is 0 Å². The summed E-state index contributed by atoms with van der Waals surface area (Å²) in [4.78, 5) is 25.4. The Labute approximate surface area is 118 Å². The lowest BCUT2D eigenvalue weighted by atomic mass is 10.1. The van der Waals surface area contributed by atoms with E-state index < -0.39 is 0 Å². The summed E-state index contributed by atoms with van der Waals surface area (Å²) in [6, 6.07) is -0.241. The monoisotopic (exact) mass is 286 g/mol. The first kappa shape index (κ1) is 14.7. The van der Waals surface area contributed by atoms with Crippen molar-refractivity contribution in [2.75, 3.05) is 26.0 Å². The third kappa shape index (κ3) is 3.23. The molecular weight excluding hydrogens is 264 g/mol. The summed E-state index contributed by atoms with van der Waals surface area (Å²) in [5.74, 6) is 1.11. The molecule has 0 aromatic rings. The smallest absolute Gasteiger partial charge is 0.323 e. The zero-order chi connectivity index (χ0) is 14.0. The lowest BCUT2D eigenvalue weighted by molar-refractivity contribution is -0.142. The summed E-state index contributed by atoms with van der Waals surface area (Å²) in [5, 5.41) is 3.35. The largest absolute Gasteiger partial charge is 0.468 e. The number of thioether (sulfide) groups is 1. The Morgan fingerprint density at radius 2 is 2.26 bits per heavy atom. The topological polar surface area (TPSA) is 58.6 Å². The first-order chi connectivity index (χ1) is 8.96. The Morgan fingerprint density at radius 3 is 2.89 bits per heavy atom. The van der Waals surface area contributed by atoms with Gasteiger partial charge >= 0.3 is 5.97 Å². The van der Waals surface area contributed by atoms with Gasteiger partial charge in [-0.3, -0.25) is 14.9 Å². The molecule has 108 valence electrons. The SMILES string of the molecule is COC(=O)[C@@H]1CSC2(CCN(C(=O)CC(C)C)C2)N1. The number of rotatable bonds is 3. The molecule has 0 saturated carbocycles. The van der Waals surface area contributed by atoms with Crippen LogP contribution in [0.4, 0.5) is 0 Å². The number of likely N-dealkylation sites (tertiary alicyclic amines) is 1. The Balaban J connectivity index is 1.91. The number of hydrogen-bond acceptors (Lipinski definition) is 5. The number of hydrogen-bond donors (Lipinski definition) is 1. The van der Waals surface area contributed by atoms with E-state index in [1.807, 2.05) is 4.90 Å². The van der Waals surface area contributed by atoms with Crippen molar-refractivity contribution in [2.24, 2.45) is 5.92 Å². The number of methoxy groups -OCH3 is 1. The maximum absolute atomic E-state index is 12.1. The maximum atomic E-state index is 12.1. The number of amides is 1. The third-order valence-electron chi connectivity index (χ3n) is 3.62. The first-order valence-electron chi connectivity index (χ1n) is 6.73. The summed E-state index contributed by atoms with van der Waals surface area (Å²) in [5.41, 5.74) is 0. The van der Waals surface area contributed by atoms with E-state index in [-0.39, 0.29) is 22.8 Å².